The molecule has 2 aromatic rings. The monoisotopic (exact) mass is 260 g/mol. The lowest BCUT2D eigenvalue weighted by Crippen LogP contribution is -2.18. The average Bonchev–Trinajstić information content (AvgIpc) is 2.83. The van der Waals surface area contributed by atoms with Crippen molar-refractivity contribution in [1.82, 2.24) is 9.55 Å². The summed E-state index contributed by atoms with van der Waals surface area (Å²) in [5.41, 5.74) is 0.750. The van der Waals surface area contributed by atoms with Crippen LogP contribution in [0, 0.1) is 0 Å². The standard InChI is InChI=1S/C14H16N2O3/c1-16-6-5-15-13(16)9-11(17)10-3-2-4-12-14(10)19-8-7-18-12/h2-6,11,17H,7-9H2,1H3. The Balaban J connectivity index is 1.87. The summed E-state index contributed by atoms with van der Waals surface area (Å²) in [5, 5.41) is 10.4. The van der Waals surface area contributed by atoms with Crippen LogP contribution in [0.15, 0.2) is 30.6 Å². The molecule has 100 valence electrons. The van der Waals surface area contributed by atoms with Crippen LogP contribution in [0.2, 0.25) is 0 Å². The number of hydrogen-bond donors (Lipinski definition) is 1. The first-order valence-corrected chi connectivity index (χ1v) is 6.28. The van der Waals surface area contributed by atoms with Crippen molar-refractivity contribution >= 4 is 0 Å². The second kappa shape index (κ2) is 4.93. The second-order valence-corrected chi connectivity index (χ2v) is 4.55. The molecule has 0 bridgehead atoms. The molecule has 5 heteroatoms. The summed E-state index contributed by atoms with van der Waals surface area (Å²) in [7, 11) is 1.91. The van der Waals surface area contributed by atoms with E-state index in [4.69, 9.17) is 9.47 Å². The molecule has 0 saturated carbocycles. The third-order valence-electron chi connectivity index (χ3n) is 3.25. The zero-order valence-electron chi connectivity index (χ0n) is 10.7. The van der Waals surface area contributed by atoms with E-state index in [1.807, 2.05) is 36.0 Å². The molecule has 1 aliphatic rings. The van der Waals surface area contributed by atoms with Crippen LogP contribution in [0.1, 0.15) is 17.5 Å². The number of aryl methyl sites for hydroxylation is 1. The minimum atomic E-state index is -0.655. The molecule has 1 aromatic carbocycles. The Bertz CT molecular complexity index is 580. The molecule has 2 heterocycles. The van der Waals surface area contributed by atoms with Crippen molar-refractivity contribution in [3.05, 3.63) is 42.0 Å². The third kappa shape index (κ3) is 2.29. The molecule has 1 aromatic heterocycles. The molecular formula is C14H16N2O3. The largest absolute Gasteiger partial charge is 0.486 e. The van der Waals surface area contributed by atoms with E-state index in [0.29, 0.717) is 31.1 Å². The van der Waals surface area contributed by atoms with Crippen LogP contribution in [0.3, 0.4) is 0 Å². The SMILES string of the molecule is Cn1ccnc1CC(O)c1cccc2c1OCCO2. The maximum atomic E-state index is 10.4. The molecule has 0 fully saturated rings. The highest BCUT2D eigenvalue weighted by Gasteiger charge is 2.21. The fourth-order valence-electron chi connectivity index (χ4n) is 2.23. The number of nitrogens with zero attached hydrogens (tertiary/aromatic N) is 2. The molecule has 0 aliphatic carbocycles. The van der Waals surface area contributed by atoms with Gasteiger partial charge >= 0.3 is 0 Å². The van der Waals surface area contributed by atoms with E-state index in [-0.39, 0.29) is 0 Å². The van der Waals surface area contributed by atoms with Crippen LogP contribution in [0.25, 0.3) is 0 Å². The predicted octanol–water partition coefficient (Wildman–Crippen LogP) is 1.47. The summed E-state index contributed by atoms with van der Waals surface area (Å²) in [5.74, 6) is 2.18. The molecule has 19 heavy (non-hydrogen) atoms. The maximum absolute atomic E-state index is 10.4. The smallest absolute Gasteiger partial charge is 0.167 e. The molecule has 5 nitrogen and oxygen atoms in total. The van der Waals surface area contributed by atoms with Crippen LogP contribution >= 0.6 is 0 Å². The van der Waals surface area contributed by atoms with Gasteiger partial charge in [-0.2, -0.15) is 0 Å². The van der Waals surface area contributed by atoms with E-state index in [1.165, 1.54) is 0 Å². The number of fused-ring (bicyclic) bond motifs is 1. The van der Waals surface area contributed by atoms with Gasteiger partial charge in [-0.15, -0.1) is 0 Å². The Morgan fingerprint density at radius 3 is 3.00 bits per heavy atom. The fourth-order valence-corrected chi connectivity index (χ4v) is 2.23. The summed E-state index contributed by atoms with van der Waals surface area (Å²) >= 11 is 0. The Labute approximate surface area is 111 Å². The van der Waals surface area contributed by atoms with Gasteiger partial charge in [-0.3, -0.25) is 0 Å². The predicted molar refractivity (Wildman–Crippen MR) is 69.3 cm³/mol. The zero-order chi connectivity index (χ0) is 13.2. The molecule has 3 rings (SSSR count). The minimum absolute atomic E-state index is 0.448. The molecule has 0 saturated heterocycles. The number of benzene rings is 1. The van der Waals surface area contributed by atoms with Crippen molar-refractivity contribution in [3.8, 4) is 11.5 Å². The summed E-state index contributed by atoms with van der Waals surface area (Å²) in [6.45, 7) is 1.06. The van der Waals surface area contributed by atoms with Crippen LogP contribution in [-0.2, 0) is 13.5 Å². The Morgan fingerprint density at radius 1 is 1.37 bits per heavy atom. The van der Waals surface area contributed by atoms with Crippen molar-refractivity contribution in [1.29, 1.82) is 0 Å². The fraction of sp³-hybridized carbons (Fsp3) is 0.357. The Morgan fingerprint density at radius 2 is 2.21 bits per heavy atom. The molecule has 0 spiro atoms. The zero-order valence-corrected chi connectivity index (χ0v) is 10.7. The number of ether oxygens (including phenoxy) is 2. The van der Waals surface area contributed by atoms with Crippen molar-refractivity contribution in [2.24, 2.45) is 7.05 Å². The summed E-state index contributed by atoms with van der Waals surface area (Å²) in [6.07, 6.45) is 3.38. The van der Waals surface area contributed by atoms with Gasteiger partial charge in [0.05, 0.1) is 6.10 Å². The molecule has 0 radical (unpaired) electrons. The molecular weight excluding hydrogens is 244 g/mol. The first-order chi connectivity index (χ1) is 9.25. The second-order valence-electron chi connectivity index (χ2n) is 4.55. The molecule has 0 amide bonds. The van der Waals surface area contributed by atoms with E-state index >= 15 is 0 Å². The van der Waals surface area contributed by atoms with E-state index in [9.17, 15) is 5.11 Å². The van der Waals surface area contributed by atoms with Gasteiger partial charge in [-0.05, 0) is 6.07 Å². The number of aliphatic hydroxyl groups is 1. The van der Waals surface area contributed by atoms with E-state index in [2.05, 4.69) is 4.98 Å². The summed E-state index contributed by atoms with van der Waals surface area (Å²) in [6, 6.07) is 5.58. The van der Waals surface area contributed by atoms with Gasteiger partial charge in [0.1, 0.15) is 19.0 Å². The lowest BCUT2D eigenvalue weighted by molar-refractivity contribution is 0.144. The van der Waals surface area contributed by atoms with E-state index < -0.39 is 6.10 Å². The number of aromatic nitrogens is 2. The first kappa shape index (κ1) is 12.0. The van der Waals surface area contributed by atoms with E-state index in [1.54, 1.807) is 6.20 Å². The van der Waals surface area contributed by atoms with Gasteiger partial charge in [0.15, 0.2) is 11.5 Å². The minimum Gasteiger partial charge on any atom is -0.486 e. The van der Waals surface area contributed by atoms with Crippen molar-refractivity contribution in [3.63, 3.8) is 0 Å². The molecule has 1 N–H and O–H groups in total. The third-order valence-corrected chi connectivity index (χ3v) is 3.25. The highest BCUT2D eigenvalue weighted by Crippen LogP contribution is 2.37. The van der Waals surface area contributed by atoms with Gasteiger partial charge in [-0.1, -0.05) is 12.1 Å². The first-order valence-electron chi connectivity index (χ1n) is 6.28. The Hall–Kier alpha value is -2.01. The molecule has 1 aliphatic heterocycles. The highest BCUT2D eigenvalue weighted by molar-refractivity contribution is 5.48. The lowest BCUT2D eigenvalue weighted by Gasteiger charge is -2.23. The van der Waals surface area contributed by atoms with Gasteiger partial charge in [0.25, 0.3) is 0 Å². The van der Waals surface area contributed by atoms with Crippen LogP contribution in [-0.4, -0.2) is 27.9 Å². The number of rotatable bonds is 3. The normalized spacial score (nSPS) is 15.3. The molecule has 1 unspecified atom stereocenters. The number of aliphatic hydroxyl groups excluding tert-OH is 1. The van der Waals surface area contributed by atoms with E-state index in [0.717, 1.165) is 11.4 Å². The number of para-hydroxylation sites is 1. The lowest BCUT2D eigenvalue weighted by atomic mass is 10.0. The van der Waals surface area contributed by atoms with Crippen molar-refractivity contribution in [2.75, 3.05) is 13.2 Å². The van der Waals surface area contributed by atoms with Crippen LogP contribution < -0.4 is 9.47 Å². The topological polar surface area (TPSA) is 56.5 Å². The highest BCUT2D eigenvalue weighted by atomic mass is 16.6. The van der Waals surface area contributed by atoms with Gasteiger partial charge in [-0.25, -0.2) is 4.98 Å². The van der Waals surface area contributed by atoms with Crippen LogP contribution in [0.4, 0.5) is 0 Å². The quantitative estimate of drug-likeness (QED) is 0.908. The van der Waals surface area contributed by atoms with Gasteiger partial charge < -0.3 is 19.1 Å². The maximum Gasteiger partial charge on any atom is 0.167 e. The van der Waals surface area contributed by atoms with Crippen LogP contribution in [0.5, 0.6) is 11.5 Å². The summed E-state index contributed by atoms with van der Waals surface area (Å²) < 4.78 is 13.0. The Kier molecular flexibility index (Phi) is 3.13. The number of hydrogen-bond acceptors (Lipinski definition) is 4. The summed E-state index contributed by atoms with van der Waals surface area (Å²) in [4.78, 5) is 4.22. The average molecular weight is 260 g/mol. The van der Waals surface area contributed by atoms with Gasteiger partial charge in [0.2, 0.25) is 0 Å². The molecule has 1 atom stereocenters. The van der Waals surface area contributed by atoms with Gasteiger partial charge in [0, 0.05) is 31.4 Å². The number of imidazole rings is 1. The van der Waals surface area contributed by atoms with Crippen molar-refractivity contribution < 1.29 is 14.6 Å². The van der Waals surface area contributed by atoms with Crippen molar-refractivity contribution in [2.45, 2.75) is 12.5 Å².